The van der Waals surface area contributed by atoms with Crippen LogP contribution in [0.15, 0.2) is 12.1 Å². The molecule has 2 aliphatic rings. The van der Waals surface area contributed by atoms with E-state index in [9.17, 15) is 9.90 Å². The van der Waals surface area contributed by atoms with Gasteiger partial charge in [0.25, 0.3) is 0 Å². The van der Waals surface area contributed by atoms with Crippen LogP contribution in [0.1, 0.15) is 24.0 Å². The van der Waals surface area contributed by atoms with Crippen molar-refractivity contribution in [3.8, 4) is 5.75 Å². The summed E-state index contributed by atoms with van der Waals surface area (Å²) in [6, 6.07) is 3.78. The molecule has 2 N–H and O–H groups in total. The Bertz CT molecular complexity index is 538. The number of carboxylic acid groups (broad SMARTS) is 1. The van der Waals surface area contributed by atoms with Gasteiger partial charge in [0, 0.05) is 11.4 Å². The highest BCUT2D eigenvalue weighted by molar-refractivity contribution is 6.30. The van der Waals surface area contributed by atoms with E-state index in [1.165, 1.54) is 0 Å². The molecule has 2 aliphatic heterocycles. The summed E-state index contributed by atoms with van der Waals surface area (Å²) in [5, 5.41) is 13.6. The molecule has 0 aromatic heterocycles. The Kier molecular flexibility index (Phi) is 3.61. The van der Waals surface area contributed by atoms with Crippen molar-refractivity contribution in [2.24, 2.45) is 5.41 Å². The molecule has 0 saturated carbocycles. The molecule has 1 aromatic rings. The van der Waals surface area contributed by atoms with Crippen LogP contribution < -0.4 is 10.1 Å². The number of carbonyl (C=O) groups is 1. The summed E-state index contributed by atoms with van der Waals surface area (Å²) in [6.45, 7) is 2.15. The fourth-order valence-electron chi connectivity index (χ4n) is 3.21. The molecule has 0 radical (unpaired) electrons. The van der Waals surface area contributed by atoms with Gasteiger partial charge in [-0.3, -0.25) is 4.79 Å². The third-order valence-electron chi connectivity index (χ3n) is 4.37. The van der Waals surface area contributed by atoms with Gasteiger partial charge in [0.1, 0.15) is 5.75 Å². The first-order chi connectivity index (χ1) is 9.61. The van der Waals surface area contributed by atoms with Crippen LogP contribution in [0.4, 0.5) is 0 Å². The van der Waals surface area contributed by atoms with Crippen molar-refractivity contribution in [2.45, 2.75) is 25.7 Å². The van der Waals surface area contributed by atoms with Crippen molar-refractivity contribution in [3.05, 3.63) is 28.3 Å². The van der Waals surface area contributed by atoms with Gasteiger partial charge in [-0.1, -0.05) is 11.6 Å². The Labute approximate surface area is 123 Å². The second kappa shape index (κ2) is 5.26. The van der Waals surface area contributed by atoms with E-state index < -0.39 is 11.4 Å². The number of rotatable bonds is 3. The highest BCUT2D eigenvalue weighted by atomic mass is 35.5. The third kappa shape index (κ3) is 2.38. The Morgan fingerprint density at radius 3 is 2.85 bits per heavy atom. The van der Waals surface area contributed by atoms with Gasteiger partial charge in [-0.05, 0) is 55.6 Å². The van der Waals surface area contributed by atoms with Crippen LogP contribution in [0, 0.1) is 5.41 Å². The second-order valence-electron chi connectivity index (χ2n) is 5.66. The molecule has 1 fully saturated rings. The van der Waals surface area contributed by atoms with Crippen LogP contribution in [0.3, 0.4) is 0 Å². The number of aliphatic carboxylic acids is 1. The summed E-state index contributed by atoms with van der Waals surface area (Å²) in [5.74, 6) is 0.138. The number of hydrogen-bond donors (Lipinski definition) is 2. The van der Waals surface area contributed by atoms with E-state index in [1.807, 2.05) is 12.1 Å². The van der Waals surface area contributed by atoms with E-state index in [-0.39, 0.29) is 0 Å². The minimum absolute atomic E-state index is 0.493. The lowest BCUT2D eigenvalue weighted by Gasteiger charge is -2.34. The number of carboxylic acids is 1. The normalized spacial score (nSPS) is 20.2. The fraction of sp³-hybridized carbons (Fsp3) is 0.533. The van der Waals surface area contributed by atoms with E-state index in [4.69, 9.17) is 16.3 Å². The number of nitrogens with one attached hydrogen (secondary N) is 1. The van der Waals surface area contributed by atoms with Crippen molar-refractivity contribution in [1.29, 1.82) is 0 Å². The topological polar surface area (TPSA) is 58.6 Å². The van der Waals surface area contributed by atoms with Crippen molar-refractivity contribution in [2.75, 3.05) is 19.7 Å². The predicted molar refractivity (Wildman–Crippen MR) is 76.5 cm³/mol. The summed E-state index contributed by atoms with van der Waals surface area (Å²) >= 11 is 6.16. The number of ether oxygens (including phenoxy) is 1. The maximum absolute atomic E-state index is 11.8. The summed E-state index contributed by atoms with van der Waals surface area (Å²) in [6.07, 6.45) is 2.63. The van der Waals surface area contributed by atoms with Gasteiger partial charge in [0.2, 0.25) is 0 Å². The molecule has 3 rings (SSSR count). The minimum atomic E-state index is -0.717. The van der Waals surface area contributed by atoms with Crippen molar-refractivity contribution < 1.29 is 14.6 Å². The molecule has 108 valence electrons. The van der Waals surface area contributed by atoms with Gasteiger partial charge in [-0.2, -0.15) is 0 Å². The average Bonchev–Trinajstić information content (AvgIpc) is 2.88. The number of piperidine rings is 1. The van der Waals surface area contributed by atoms with E-state index in [1.54, 1.807) is 0 Å². The standard InChI is InChI=1S/C15H18ClNO3/c16-12-7-10-1-6-20-13(10)11(8-12)9-15(14(18)19)2-4-17-5-3-15/h7-8,17H,1-6,9H2,(H,18,19). The molecule has 0 amide bonds. The van der Waals surface area contributed by atoms with Crippen LogP contribution in [-0.2, 0) is 17.6 Å². The third-order valence-corrected chi connectivity index (χ3v) is 4.59. The summed E-state index contributed by atoms with van der Waals surface area (Å²) in [7, 11) is 0. The van der Waals surface area contributed by atoms with Crippen molar-refractivity contribution in [3.63, 3.8) is 0 Å². The number of halogens is 1. The van der Waals surface area contributed by atoms with Crippen molar-refractivity contribution >= 4 is 17.6 Å². The number of hydrogen-bond acceptors (Lipinski definition) is 3. The summed E-state index contributed by atoms with van der Waals surface area (Å²) in [4.78, 5) is 11.8. The number of fused-ring (bicyclic) bond motifs is 1. The zero-order chi connectivity index (χ0) is 14.2. The molecule has 2 heterocycles. The fourth-order valence-corrected chi connectivity index (χ4v) is 3.48. The monoisotopic (exact) mass is 295 g/mol. The van der Waals surface area contributed by atoms with Gasteiger partial charge in [-0.25, -0.2) is 0 Å². The lowest BCUT2D eigenvalue weighted by Crippen LogP contribution is -2.43. The minimum Gasteiger partial charge on any atom is -0.493 e. The zero-order valence-electron chi connectivity index (χ0n) is 11.2. The molecule has 1 aromatic carbocycles. The molecule has 0 spiro atoms. The molecule has 4 nitrogen and oxygen atoms in total. The van der Waals surface area contributed by atoms with E-state index in [0.29, 0.717) is 30.9 Å². The van der Waals surface area contributed by atoms with Crippen LogP contribution >= 0.6 is 11.6 Å². The van der Waals surface area contributed by atoms with Crippen LogP contribution in [0.25, 0.3) is 0 Å². The first-order valence-corrected chi connectivity index (χ1v) is 7.37. The predicted octanol–water partition coefficient (Wildman–Crippen LogP) is 2.27. The smallest absolute Gasteiger partial charge is 0.310 e. The Morgan fingerprint density at radius 2 is 2.15 bits per heavy atom. The lowest BCUT2D eigenvalue weighted by molar-refractivity contribution is -0.150. The molecular weight excluding hydrogens is 278 g/mol. The zero-order valence-corrected chi connectivity index (χ0v) is 12.0. The Balaban J connectivity index is 1.95. The van der Waals surface area contributed by atoms with Gasteiger partial charge < -0.3 is 15.2 Å². The van der Waals surface area contributed by atoms with Crippen molar-refractivity contribution in [1.82, 2.24) is 5.32 Å². The quantitative estimate of drug-likeness (QED) is 0.898. The van der Waals surface area contributed by atoms with E-state index in [0.717, 1.165) is 36.4 Å². The second-order valence-corrected chi connectivity index (χ2v) is 6.10. The average molecular weight is 296 g/mol. The molecule has 0 aliphatic carbocycles. The van der Waals surface area contributed by atoms with Crippen LogP contribution in [-0.4, -0.2) is 30.8 Å². The van der Waals surface area contributed by atoms with Gasteiger partial charge in [0.05, 0.1) is 12.0 Å². The summed E-state index contributed by atoms with van der Waals surface area (Å²) < 4.78 is 5.68. The Morgan fingerprint density at radius 1 is 1.40 bits per heavy atom. The number of benzene rings is 1. The molecule has 0 bridgehead atoms. The van der Waals surface area contributed by atoms with Crippen LogP contribution in [0.5, 0.6) is 5.75 Å². The molecular formula is C15H18ClNO3. The largest absolute Gasteiger partial charge is 0.493 e. The molecule has 0 atom stereocenters. The highest BCUT2D eigenvalue weighted by Crippen LogP contribution is 2.40. The molecule has 0 unspecified atom stereocenters. The van der Waals surface area contributed by atoms with Crippen LogP contribution in [0.2, 0.25) is 5.02 Å². The van der Waals surface area contributed by atoms with Gasteiger partial charge in [-0.15, -0.1) is 0 Å². The first kappa shape index (κ1) is 13.7. The highest BCUT2D eigenvalue weighted by Gasteiger charge is 2.40. The van der Waals surface area contributed by atoms with E-state index in [2.05, 4.69) is 5.32 Å². The Hall–Kier alpha value is -1.26. The SMILES string of the molecule is O=C(O)C1(Cc2cc(Cl)cc3c2OCC3)CCNCC1. The molecule has 20 heavy (non-hydrogen) atoms. The maximum atomic E-state index is 11.8. The first-order valence-electron chi connectivity index (χ1n) is 6.99. The lowest BCUT2D eigenvalue weighted by atomic mass is 9.74. The van der Waals surface area contributed by atoms with E-state index >= 15 is 0 Å². The molecule has 5 heteroatoms. The maximum Gasteiger partial charge on any atom is 0.310 e. The molecule has 1 saturated heterocycles. The summed E-state index contributed by atoms with van der Waals surface area (Å²) in [5.41, 5.74) is 1.34. The van der Waals surface area contributed by atoms with Gasteiger partial charge in [0.15, 0.2) is 0 Å². The van der Waals surface area contributed by atoms with Gasteiger partial charge >= 0.3 is 5.97 Å².